The summed E-state index contributed by atoms with van der Waals surface area (Å²) in [7, 11) is 1.97. The second kappa shape index (κ2) is 6.30. The second-order valence-corrected chi connectivity index (χ2v) is 5.47. The molecule has 0 saturated carbocycles. The van der Waals surface area contributed by atoms with Gasteiger partial charge in [-0.1, -0.05) is 6.92 Å². The molecule has 0 aromatic carbocycles. The third-order valence-electron chi connectivity index (χ3n) is 3.06. The van der Waals surface area contributed by atoms with Gasteiger partial charge < -0.3 is 5.32 Å². The van der Waals surface area contributed by atoms with Crippen LogP contribution in [-0.4, -0.2) is 21.3 Å². The lowest BCUT2D eigenvalue weighted by Gasteiger charge is -2.20. The topological polar surface area (TPSA) is 42.7 Å². The molecular weight excluding hydrogens is 304 g/mol. The van der Waals surface area contributed by atoms with Crippen LogP contribution in [0.3, 0.4) is 0 Å². The summed E-state index contributed by atoms with van der Waals surface area (Å²) in [5.41, 5.74) is 3.38. The van der Waals surface area contributed by atoms with Crippen LogP contribution < -0.4 is 5.32 Å². The quantitative estimate of drug-likeness (QED) is 0.920. The summed E-state index contributed by atoms with van der Waals surface area (Å²) in [6.07, 6.45) is 4.79. The third-order valence-corrected chi connectivity index (χ3v) is 3.67. The van der Waals surface area contributed by atoms with E-state index in [1.165, 1.54) is 5.56 Å². The number of hydrogen-bond donors (Lipinski definition) is 1. The van der Waals surface area contributed by atoms with Gasteiger partial charge in [0.25, 0.3) is 0 Å². The zero-order chi connectivity index (χ0) is 13.8. The van der Waals surface area contributed by atoms with E-state index in [9.17, 15) is 0 Å². The van der Waals surface area contributed by atoms with E-state index < -0.39 is 0 Å². The van der Waals surface area contributed by atoms with Crippen LogP contribution in [0.1, 0.15) is 36.3 Å². The van der Waals surface area contributed by atoms with E-state index in [2.05, 4.69) is 50.4 Å². The number of hydrogen-bond acceptors (Lipinski definition) is 3. The monoisotopic (exact) mass is 322 g/mol. The third kappa shape index (κ3) is 3.22. The van der Waals surface area contributed by atoms with Gasteiger partial charge in [0.2, 0.25) is 0 Å². The average molecular weight is 323 g/mol. The zero-order valence-electron chi connectivity index (χ0n) is 11.5. The molecule has 0 spiro atoms. The van der Waals surface area contributed by atoms with E-state index in [0.717, 1.165) is 28.8 Å². The molecule has 4 nitrogen and oxygen atoms in total. The van der Waals surface area contributed by atoms with Crippen LogP contribution in [0, 0.1) is 6.92 Å². The Bertz CT molecular complexity index is 531. The van der Waals surface area contributed by atoms with Crippen LogP contribution in [0.2, 0.25) is 0 Å². The SMILES string of the molecule is CCCNC(c1ccnc(C)c1)c1c(Br)cnn1C. The molecule has 2 aromatic rings. The van der Waals surface area contributed by atoms with Crippen molar-refractivity contribution in [3.05, 3.63) is 46.0 Å². The summed E-state index contributed by atoms with van der Waals surface area (Å²) in [6, 6.07) is 4.30. The first-order valence-corrected chi connectivity index (χ1v) is 7.26. The second-order valence-electron chi connectivity index (χ2n) is 4.62. The van der Waals surface area contributed by atoms with E-state index in [1.807, 2.05) is 31.0 Å². The number of aryl methyl sites for hydroxylation is 2. The van der Waals surface area contributed by atoms with Gasteiger partial charge in [-0.2, -0.15) is 5.10 Å². The minimum absolute atomic E-state index is 0.128. The molecule has 0 bridgehead atoms. The first-order chi connectivity index (χ1) is 9.13. The van der Waals surface area contributed by atoms with Crippen molar-refractivity contribution >= 4 is 15.9 Å². The standard InChI is InChI=1S/C14H19BrN4/c1-4-6-17-13(11-5-7-16-10(2)8-11)14-12(15)9-18-19(14)3/h5,7-9,13,17H,4,6H2,1-3H3. The molecule has 102 valence electrons. The fourth-order valence-electron chi connectivity index (χ4n) is 2.15. The fraction of sp³-hybridized carbons (Fsp3) is 0.429. The summed E-state index contributed by atoms with van der Waals surface area (Å²) in [6.45, 7) is 5.14. The number of aromatic nitrogens is 3. The minimum Gasteiger partial charge on any atom is -0.305 e. The normalized spacial score (nSPS) is 12.6. The van der Waals surface area contributed by atoms with Gasteiger partial charge in [-0.25, -0.2) is 0 Å². The van der Waals surface area contributed by atoms with Gasteiger partial charge in [-0.15, -0.1) is 0 Å². The fourth-order valence-corrected chi connectivity index (χ4v) is 2.73. The molecule has 0 radical (unpaired) electrons. The molecule has 0 fully saturated rings. The van der Waals surface area contributed by atoms with Crippen LogP contribution in [-0.2, 0) is 7.05 Å². The van der Waals surface area contributed by atoms with Gasteiger partial charge in [-0.3, -0.25) is 9.67 Å². The van der Waals surface area contributed by atoms with Crippen molar-refractivity contribution in [2.75, 3.05) is 6.54 Å². The van der Waals surface area contributed by atoms with E-state index in [-0.39, 0.29) is 6.04 Å². The van der Waals surface area contributed by atoms with Gasteiger partial charge in [0.15, 0.2) is 0 Å². The van der Waals surface area contributed by atoms with E-state index in [0.29, 0.717) is 0 Å². The Morgan fingerprint density at radius 3 is 2.84 bits per heavy atom. The summed E-state index contributed by atoms with van der Waals surface area (Å²) in [5, 5.41) is 7.89. The molecule has 0 amide bonds. The molecule has 5 heteroatoms. The van der Waals surface area contributed by atoms with Crippen molar-refractivity contribution in [3.63, 3.8) is 0 Å². The Balaban J connectivity index is 2.41. The summed E-state index contributed by atoms with van der Waals surface area (Å²) >= 11 is 3.59. The minimum atomic E-state index is 0.128. The van der Waals surface area contributed by atoms with Gasteiger partial charge in [0, 0.05) is 18.9 Å². The van der Waals surface area contributed by atoms with Crippen molar-refractivity contribution in [2.45, 2.75) is 26.3 Å². The molecule has 2 heterocycles. The van der Waals surface area contributed by atoms with Gasteiger partial charge in [0.1, 0.15) is 0 Å². The maximum absolute atomic E-state index is 4.31. The summed E-state index contributed by atoms with van der Waals surface area (Å²) < 4.78 is 2.94. The smallest absolute Gasteiger partial charge is 0.0760 e. The maximum atomic E-state index is 4.31. The molecule has 2 rings (SSSR count). The largest absolute Gasteiger partial charge is 0.305 e. The van der Waals surface area contributed by atoms with Crippen molar-refractivity contribution in [1.29, 1.82) is 0 Å². The Morgan fingerprint density at radius 2 is 2.26 bits per heavy atom. The highest BCUT2D eigenvalue weighted by atomic mass is 79.9. The Hall–Kier alpha value is -1.20. The molecule has 1 unspecified atom stereocenters. The molecule has 1 N–H and O–H groups in total. The first kappa shape index (κ1) is 14.2. The zero-order valence-corrected chi connectivity index (χ0v) is 13.1. The molecule has 2 aromatic heterocycles. The van der Waals surface area contributed by atoms with Crippen molar-refractivity contribution in [3.8, 4) is 0 Å². The van der Waals surface area contributed by atoms with Crippen LogP contribution in [0.25, 0.3) is 0 Å². The predicted octanol–water partition coefficient (Wildman–Crippen LogP) is 2.98. The van der Waals surface area contributed by atoms with E-state index >= 15 is 0 Å². The lowest BCUT2D eigenvalue weighted by Crippen LogP contribution is -2.25. The van der Waals surface area contributed by atoms with Gasteiger partial charge in [-0.05, 0) is 53.5 Å². The molecule has 0 aliphatic carbocycles. The van der Waals surface area contributed by atoms with Crippen molar-refractivity contribution < 1.29 is 0 Å². The lowest BCUT2D eigenvalue weighted by molar-refractivity contribution is 0.551. The molecule has 0 saturated heterocycles. The van der Waals surface area contributed by atoms with Gasteiger partial charge >= 0.3 is 0 Å². The highest BCUT2D eigenvalue weighted by molar-refractivity contribution is 9.10. The number of nitrogens with one attached hydrogen (secondary N) is 1. The molecule has 19 heavy (non-hydrogen) atoms. The Morgan fingerprint density at radius 1 is 1.47 bits per heavy atom. The molecule has 0 aliphatic rings. The van der Waals surface area contributed by atoms with E-state index in [1.54, 1.807) is 0 Å². The molecule has 1 atom stereocenters. The van der Waals surface area contributed by atoms with Crippen molar-refractivity contribution in [2.24, 2.45) is 7.05 Å². The summed E-state index contributed by atoms with van der Waals surface area (Å²) in [5.74, 6) is 0. The number of rotatable bonds is 5. The highest BCUT2D eigenvalue weighted by Gasteiger charge is 2.20. The average Bonchev–Trinajstić information content (AvgIpc) is 2.71. The predicted molar refractivity (Wildman–Crippen MR) is 80.0 cm³/mol. The van der Waals surface area contributed by atoms with Crippen molar-refractivity contribution in [1.82, 2.24) is 20.1 Å². The Kier molecular flexibility index (Phi) is 4.71. The maximum Gasteiger partial charge on any atom is 0.0760 e. The van der Waals surface area contributed by atoms with Crippen LogP contribution in [0.4, 0.5) is 0 Å². The summed E-state index contributed by atoms with van der Waals surface area (Å²) in [4.78, 5) is 4.27. The number of halogens is 1. The van der Waals surface area contributed by atoms with E-state index in [4.69, 9.17) is 0 Å². The van der Waals surface area contributed by atoms with Crippen LogP contribution >= 0.6 is 15.9 Å². The van der Waals surface area contributed by atoms with Crippen LogP contribution in [0.15, 0.2) is 29.0 Å². The molecule has 0 aliphatic heterocycles. The van der Waals surface area contributed by atoms with Gasteiger partial charge in [0.05, 0.1) is 22.4 Å². The lowest BCUT2D eigenvalue weighted by atomic mass is 10.0. The number of pyridine rings is 1. The molecular formula is C14H19BrN4. The van der Waals surface area contributed by atoms with Crippen LogP contribution in [0.5, 0.6) is 0 Å². The first-order valence-electron chi connectivity index (χ1n) is 6.46. The highest BCUT2D eigenvalue weighted by Crippen LogP contribution is 2.28. The number of nitrogens with zero attached hydrogens (tertiary/aromatic N) is 3. The Labute approximate surface area is 122 Å².